The lowest BCUT2D eigenvalue weighted by Gasteiger charge is -2.11. The molecule has 2 aromatic carbocycles. The van der Waals surface area contributed by atoms with Crippen molar-refractivity contribution < 1.29 is 14.0 Å². The summed E-state index contributed by atoms with van der Waals surface area (Å²) in [6, 6.07) is 11.4. The van der Waals surface area contributed by atoms with E-state index in [4.69, 9.17) is 4.42 Å². The van der Waals surface area contributed by atoms with Crippen LogP contribution in [0, 0.1) is 0 Å². The molecule has 0 spiro atoms. The van der Waals surface area contributed by atoms with Gasteiger partial charge in [-0.25, -0.2) is 4.98 Å². The fourth-order valence-electron chi connectivity index (χ4n) is 2.81. The number of aromatic nitrogens is 1. The molecule has 1 heterocycles. The molecule has 0 saturated heterocycles. The largest absolute Gasteiger partial charge is 0.435 e. The van der Waals surface area contributed by atoms with Crippen molar-refractivity contribution in [2.24, 2.45) is 0 Å². The Balaban J connectivity index is 2.01. The van der Waals surface area contributed by atoms with Crippen molar-refractivity contribution in [3.63, 3.8) is 0 Å². The van der Waals surface area contributed by atoms with Gasteiger partial charge < -0.3 is 14.6 Å². The molecule has 1 aromatic heterocycles. The number of anilines is 1. The van der Waals surface area contributed by atoms with E-state index in [0.29, 0.717) is 29.8 Å². The summed E-state index contributed by atoms with van der Waals surface area (Å²) in [6.07, 6.45) is 1.25. The van der Waals surface area contributed by atoms with E-state index in [0.717, 1.165) is 24.2 Å². The molecule has 0 aliphatic heterocycles. The van der Waals surface area contributed by atoms with Crippen LogP contribution >= 0.6 is 0 Å². The van der Waals surface area contributed by atoms with Crippen molar-refractivity contribution >= 4 is 28.9 Å². The number of Topliss-reactive ketones (excluding diaryl/α,β-unsaturated/α-hetero) is 1. The number of carbonyl (C=O) groups is 2. The first-order valence-corrected chi connectivity index (χ1v) is 8.93. The molecule has 6 heteroatoms. The van der Waals surface area contributed by atoms with Crippen LogP contribution in [0.1, 0.15) is 22.8 Å². The maximum atomic E-state index is 12.1. The van der Waals surface area contributed by atoms with E-state index < -0.39 is 5.78 Å². The number of hydrogen-bond acceptors (Lipinski definition) is 6. The normalized spacial score (nSPS) is 11.1. The van der Waals surface area contributed by atoms with Crippen molar-refractivity contribution in [1.29, 1.82) is 0 Å². The van der Waals surface area contributed by atoms with Gasteiger partial charge in [0.05, 0.1) is 5.56 Å². The molecule has 0 unspecified atom stereocenters. The van der Waals surface area contributed by atoms with E-state index >= 15 is 0 Å². The fraction of sp³-hybridized carbons (Fsp3) is 0.286. The first kappa shape index (κ1) is 18.8. The number of nitrogens with one attached hydrogen (secondary N) is 1. The first-order chi connectivity index (χ1) is 13.0. The van der Waals surface area contributed by atoms with Gasteiger partial charge in [-0.2, -0.15) is 0 Å². The quantitative estimate of drug-likeness (QED) is 0.375. The minimum absolute atomic E-state index is 0.221. The number of hydrogen-bond donors (Lipinski definition) is 1. The highest BCUT2D eigenvalue weighted by Gasteiger charge is 2.18. The Bertz CT molecular complexity index is 959. The Morgan fingerprint density at radius 1 is 1.22 bits per heavy atom. The van der Waals surface area contributed by atoms with Crippen molar-refractivity contribution in [1.82, 2.24) is 9.88 Å². The summed E-state index contributed by atoms with van der Waals surface area (Å²) in [6.45, 7) is 3.63. The first-order valence-electron chi connectivity index (χ1n) is 8.93. The van der Waals surface area contributed by atoms with Gasteiger partial charge in [0.2, 0.25) is 11.7 Å². The number of carbonyl (C=O) groups excluding carboxylic acids is 2. The van der Waals surface area contributed by atoms with Gasteiger partial charge >= 0.3 is 0 Å². The van der Waals surface area contributed by atoms with Gasteiger partial charge in [0.25, 0.3) is 0 Å². The molecule has 0 saturated carbocycles. The van der Waals surface area contributed by atoms with Crippen LogP contribution in [0.4, 0.5) is 5.69 Å². The Morgan fingerprint density at radius 3 is 2.59 bits per heavy atom. The molecule has 0 atom stereocenters. The average molecular weight is 365 g/mol. The number of rotatable bonds is 8. The van der Waals surface area contributed by atoms with E-state index in [1.807, 2.05) is 44.4 Å². The Morgan fingerprint density at radius 2 is 1.96 bits per heavy atom. The number of ketones is 1. The molecule has 0 aliphatic rings. The number of fused-ring (bicyclic) bond motifs is 1. The molecule has 27 heavy (non-hydrogen) atoms. The minimum Gasteiger partial charge on any atom is -0.435 e. The zero-order chi connectivity index (χ0) is 19.4. The topological polar surface area (TPSA) is 75.4 Å². The Hall–Kier alpha value is -2.99. The van der Waals surface area contributed by atoms with Crippen LogP contribution in [0.3, 0.4) is 0 Å². The lowest BCUT2D eigenvalue weighted by molar-refractivity contribution is -0.104. The van der Waals surface area contributed by atoms with Crippen molar-refractivity contribution in [3.05, 3.63) is 47.5 Å². The van der Waals surface area contributed by atoms with Gasteiger partial charge in [0.1, 0.15) is 5.52 Å². The third kappa shape index (κ3) is 4.23. The molecule has 3 rings (SSSR count). The van der Waals surface area contributed by atoms with Crippen LogP contribution in [-0.2, 0) is 11.2 Å². The fourth-order valence-corrected chi connectivity index (χ4v) is 2.81. The minimum atomic E-state index is -0.625. The van der Waals surface area contributed by atoms with Crippen LogP contribution in [0.2, 0.25) is 0 Å². The van der Waals surface area contributed by atoms with Gasteiger partial charge in [-0.1, -0.05) is 19.1 Å². The van der Waals surface area contributed by atoms with Crippen molar-refractivity contribution in [3.8, 4) is 11.5 Å². The molecule has 6 nitrogen and oxygen atoms in total. The Labute approximate surface area is 158 Å². The standard InChI is InChI=1S/C21H23N3O3/c1-4-14-5-7-15(8-6-14)21-23-18-12-16(22-9-10-24(2)3)11-17(19(26)13-25)20(18)27-21/h5-8,11-13,22H,4,9-10H2,1-3H3. The van der Waals surface area contributed by atoms with E-state index in [9.17, 15) is 9.59 Å². The zero-order valence-corrected chi connectivity index (χ0v) is 15.8. The molecule has 0 fully saturated rings. The molecule has 1 N–H and O–H groups in total. The third-order valence-electron chi connectivity index (χ3n) is 4.36. The summed E-state index contributed by atoms with van der Waals surface area (Å²) in [5.74, 6) is -0.196. The summed E-state index contributed by atoms with van der Waals surface area (Å²) in [5, 5.41) is 3.26. The lowest BCUT2D eigenvalue weighted by atomic mass is 10.1. The number of likely N-dealkylation sites (N-methyl/N-ethyl adjacent to an activating group) is 1. The highest BCUT2D eigenvalue weighted by atomic mass is 16.3. The van der Waals surface area contributed by atoms with Crippen molar-refractivity contribution in [2.75, 3.05) is 32.5 Å². The molecule has 3 aromatic rings. The molecule has 0 bridgehead atoms. The third-order valence-corrected chi connectivity index (χ3v) is 4.36. The highest BCUT2D eigenvalue weighted by Crippen LogP contribution is 2.29. The summed E-state index contributed by atoms with van der Waals surface area (Å²) in [7, 11) is 3.97. The highest BCUT2D eigenvalue weighted by molar-refractivity contribution is 6.36. The summed E-state index contributed by atoms with van der Waals surface area (Å²) in [4.78, 5) is 29.8. The van der Waals surface area contributed by atoms with Crippen LogP contribution in [0.5, 0.6) is 0 Å². The van der Waals surface area contributed by atoms with Gasteiger partial charge in [0, 0.05) is 24.3 Å². The predicted octanol–water partition coefficient (Wildman–Crippen LogP) is 3.41. The predicted molar refractivity (Wildman–Crippen MR) is 106 cm³/mol. The van der Waals surface area contributed by atoms with Gasteiger partial charge in [-0.05, 0) is 50.3 Å². The lowest BCUT2D eigenvalue weighted by Crippen LogP contribution is -2.20. The molecule has 0 radical (unpaired) electrons. The van der Waals surface area contributed by atoms with Crippen LogP contribution in [-0.4, -0.2) is 49.1 Å². The Kier molecular flexibility index (Phi) is 5.66. The molecule has 0 aliphatic carbocycles. The second kappa shape index (κ2) is 8.14. The van der Waals surface area contributed by atoms with Gasteiger partial charge in [-0.3, -0.25) is 9.59 Å². The maximum Gasteiger partial charge on any atom is 0.229 e. The monoisotopic (exact) mass is 365 g/mol. The molecular weight excluding hydrogens is 342 g/mol. The molecule has 0 amide bonds. The summed E-state index contributed by atoms with van der Waals surface area (Å²) >= 11 is 0. The van der Waals surface area contributed by atoms with Crippen molar-refractivity contribution in [2.45, 2.75) is 13.3 Å². The van der Waals surface area contributed by atoms with Crippen LogP contribution < -0.4 is 5.32 Å². The van der Waals surface area contributed by atoms with Gasteiger partial charge in [-0.15, -0.1) is 0 Å². The van der Waals surface area contributed by atoms with Crippen LogP contribution in [0.25, 0.3) is 22.6 Å². The van der Waals surface area contributed by atoms with E-state index in [1.54, 1.807) is 6.07 Å². The summed E-state index contributed by atoms with van der Waals surface area (Å²) < 4.78 is 5.85. The molecular formula is C21H23N3O3. The van der Waals surface area contributed by atoms with E-state index in [-0.39, 0.29) is 5.56 Å². The summed E-state index contributed by atoms with van der Waals surface area (Å²) in [5.41, 5.74) is 3.88. The second-order valence-electron chi connectivity index (χ2n) is 6.65. The SMILES string of the molecule is CCc1ccc(-c2nc3cc(NCCN(C)C)cc(C(=O)C=O)c3o2)cc1. The van der Waals surface area contributed by atoms with Gasteiger partial charge in [0.15, 0.2) is 11.9 Å². The number of aldehydes is 1. The second-order valence-corrected chi connectivity index (χ2v) is 6.65. The smallest absolute Gasteiger partial charge is 0.229 e. The number of oxazole rings is 1. The van der Waals surface area contributed by atoms with Crippen LogP contribution in [0.15, 0.2) is 40.8 Å². The zero-order valence-electron chi connectivity index (χ0n) is 15.8. The number of aryl methyl sites for hydroxylation is 1. The number of nitrogens with zero attached hydrogens (tertiary/aromatic N) is 2. The van der Waals surface area contributed by atoms with E-state index in [2.05, 4.69) is 22.1 Å². The average Bonchev–Trinajstić information content (AvgIpc) is 3.10. The maximum absolute atomic E-state index is 12.1. The van der Waals surface area contributed by atoms with E-state index in [1.165, 1.54) is 5.56 Å². The number of benzene rings is 2. The molecule has 140 valence electrons.